The minimum Gasteiger partial charge on any atom is -0.497 e. The summed E-state index contributed by atoms with van der Waals surface area (Å²) in [5, 5.41) is 8.61. The van der Waals surface area contributed by atoms with Crippen molar-refractivity contribution in [1.29, 1.82) is 0 Å². The van der Waals surface area contributed by atoms with E-state index in [0.29, 0.717) is 17.4 Å². The van der Waals surface area contributed by atoms with Crippen LogP contribution in [0.4, 0.5) is 22.9 Å². The van der Waals surface area contributed by atoms with Crippen molar-refractivity contribution in [1.82, 2.24) is 9.78 Å². The summed E-state index contributed by atoms with van der Waals surface area (Å²) >= 11 is 0. The highest BCUT2D eigenvalue weighted by molar-refractivity contribution is 6.51. The van der Waals surface area contributed by atoms with E-state index in [9.17, 15) is 0 Å². The minimum atomic E-state index is -0.309. The van der Waals surface area contributed by atoms with Crippen LogP contribution in [-0.2, 0) is 6.42 Å². The number of fused-ring (bicyclic) bond motifs is 4. The minimum absolute atomic E-state index is 0.309. The average Bonchev–Trinajstić information content (AvgIpc) is 3.40. The molecule has 0 unspecified atom stereocenters. The van der Waals surface area contributed by atoms with Gasteiger partial charge in [0.1, 0.15) is 11.5 Å². The van der Waals surface area contributed by atoms with Gasteiger partial charge in [0.25, 0.3) is 0 Å². The lowest BCUT2D eigenvalue weighted by Crippen LogP contribution is -2.46. The van der Waals surface area contributed by atoms with Gasteiger partial charge in [0.05, 0.1) is 43.0 Å². The molecule has 0 fully saturated rings. The molecule has 43 heavy (non-hydrogen) atoms. The van der Waals surface area contributed by atoms with Crippen molar-refractivity contribution in [3.05, 3.63) is 119 Å². The number of benzene rings is 4. The Kier molecular flexibility index (Phi) is 6.66. The number of rotatable bonds is 6. The van der Waals surface area contributed by atoms with Crippen molar-refractivity contribution in [2.24, 2.45) is 9.98 Å². The summed E-state index contributed by atoms with van der Waals surface area (Å²) in [4.78, 5) is 12.7. The van der Waals surface area contributed by atoms with E-state index in [1.165, 1.54) is 5.56 Å². The van der Waals surface area contributed by atoms with Gasteiger partial charge in [-0.2, -0.15) is 5.10 Å². The molecule has 4 aromatic carbocycles. The molecule has 2 aliphatic rings. The molecule has 1 atom stereocenters. The number of methoxy groups -OCH3 is 2. The van der Waals surface area contributed by atoms with Gasteiger partial charge in [-0.1, -0.05) is 49.4 Å². The van der Waals surface area contributed by atoms with E-state index >= 15 is 0 Å². The van der Waals surface area contributed by atoms with E-state index in [1.807, 2.05) is 72.3 Å². The van der Waals surface area contributed by atoms with Crippen molar-refractivity contribution < 1.29 is 9.47 Å². The van der Waals surface area contributed by atoms with Gasteiger partial charge in [0, 0.05) is 22.9 Å². The van der Waals surface area contributed by atoms with Crippen molar-refractivity contribution in [3.63, 3.8) is 0 Å². The number of aryl methyl sites for hydroxylation is 2. The zero-order valence-corrected chi connectivity index (χ0v) is 24.6. The van der Waals surface area contributed by atoms with Crippen molar-refractivity contribution >= 4 is 34.6 Å². The lowest BCUT2D eigenvalue weighted by atomic mass is 9.92. The number of aromatic nitrogens is 2. The zero-order chi connectivity index (χ0) is 29.5. The van der Waals surface area contributed by atoms with E-state index in [4.69, 9.17) is 24.6 Å². The number of nitrogens with one attached hydrogen (secondary N) is 1. The Labute approximate surface area is 251 Å². The molecule has 1 N–H and O–H groups in total. The fraction of sp³-hybridized carbons (Fsp3) is 0.171. The molecule has 0 spiro atoms. The smallest absolute Gasteiger partial charge is 0.179 e. The maximum Gasteiger partial charge on any atom is 0.179 e. The molecule has 0 saturated heterocycles. The molecule has 0 aliphatic carbocycles. The Morgan fingerprint density at radius 1 is 0.837 bits per heavy atom. The number of nitrogens with zero attached hydrogens (tertiary/aromatic N) is 5. The predicted molar refractivity (Wildman–Crippen MR) is 172 cm³/mol. The van der Waals surface area contributed by atoms with Crippen LogP contribution in [0.15, 0.2) is 107 Å². The third-order valence-corrected chi connectivity index (χ3v) is 8.00. The summed E-state index contributed by atoms with van der Waals surface area (Å²) in [5.41, 5.74) is 7.80. The first-order valence-electron chi connectivity index (χ1n) is 14.4. The standard InChI is InChI=1S/C35H32N6O2/c1-5-23-15-17-24(18-16-23)36-33-35-38-34-31(22(2)39-41(34)25-11-7-6-8-12-25)32(27-20-19-26(42-3)21-30(27)43-4)40(35)29-14-10-9-13-28(29)37-33/h6-21,32H,5H2,1-4H3,(H,36,37)/t32-/m1/s1. The number of hydrogen-bond acceptors (Lipinski definition) is 7. The van der Waals surface area contributed by atoms with Crippen LogP contribution in [0.3, 0.4) is 0 Å². The molecule has 8 heteroatoms. The SMILES string of the molecule is CCc1ccc(NC2=Nc3ccccc3N3C2=Nc2c(c(C)nn2-c2ccccc2)[C@H]3c2ccc(OC)cc2OC)cc1. The second-order valence-electron chi connectivity index (χ2n) is 10.5. The maximum absolute atomic E-state index is 5.98. The van der Waals surface area contributed by atoms with Crippen molar-refractivity contribution in [2.75, 3.05) is 24.4 Å². The molecule has 0 radical (unpaired) electrons. The lowest BCUT2D eigenvalue weighted by Gasteiger charge is -2.41. The highest BCUT2D eigenvalue weighted by Gasteiger charge is 2.42. The molecule has 7 rings (SSSR count). The molecule has 214 valence electrons. The molecular formula is C35H32N6O2. The molecule has 8 nitrogen and oxygen atoms in total. The molecule has 5 aromatic rings. The summed E-state index contributed by atoms with van der Waals surface area (Å²) < 4.78 is 13.5. The van der Waals surface area contributed by atoms with Crippen LogP contribution in [-0.4, -0.2) is 35.7 Å². The van der Waals surface area contributed by atoms with Crippen LogP contribution in [0.5, 0.6) is 11.5 Å². The number of ether oxygens (including phenoxy) is 2. The summed E-state index contributed by atoms with van der Waals surface area (Å²) in [6, 6.07) is 32.4. The Morgan fingerprint density at radius 3 is 2.35 bits per heavy atom. The second-order valence-corrected chi connectivity index (χ2v) is 10.5. The Hall–Kier alpha value is -5.37. The van der Waals surface area contributed by atoms with Gasteiger partial charge in [0.15, 0.2) is 17.5 Å². The summed E-state index contributed by atoms with van der Waals surface area (Å²) in [5.74, 6) is 3.55. The van der Waals surface area contributed by atoms with Crippen molar-refractivity contribution in [2.45, 2.75) is 26.3 Å². The third-order valence-electron chi connectivity index (χ3n) is 8.00. The first-order chi connectivity index (χ1) is 21.1. The van der Waals surface area contributed by atoms with Crippen molar-refractivity contribution in [3.8, 4) is 17.2 Å². The fourth-order valence-corrected chi connectivity index (χ4v) is 5.85. The summed E-state index contributed by atoms with van der Waals surface area (Å²) in [6.45, 7) is 4.20. The summed E-state index contributed by atoms with van der Waals surface area (Å²) in [7, 11) is 3.35. The number of anilines is 2. The normalized spacial score (nSPS) is 15.1. The molecule has 0 amide bonds. The topological polar surface area (TPSA) is 76.3 Å². The third kappa shape index (κ3) is 4.52. The van der Waals surface area contributed by atoms with Gasteiger partial charge in [-0.3, -0.25) is 0 Å². The molecular weight excluding hydrogens is 536 g/mol. The van der Waals surface area contributed by atoms with Crippen LogP contribution in [0, 0.1) is 6.92 Å². The van der Waals surface area contributed by atoms with Gasteiger partial charge in [-0.25, -0.2) is 14.7 Å². The number of hydrogen-bond donors (Lipinski definition) is 1. The quantitative estimate of drug-likeness (QED) is 0.229. The van der Waals surface area contributed by atoms with Crippen LogP contribution >= 0.6 is 0 Å². The van der Waals surface area contributed by atoms with E-state index in [-0.39, 0.29) is 6.04 Å². The Balaban J connectivity index is 1.49. The van der Waals surface area contributed by atoms with Gasteiger partial charge in [-0.05, 0) is 67.4 Å². The monoisotopic (exact) mass is 568 g/mol. The number of aliphatic imine (C=N–C) groups is 2. The lowest BCUT2D eigenvalue weighted by molar-refractivity contribution is 0.390. The number of amidine groups is 2. The molecule has 2 aliphatic heterocycles. The first-order valence-corrected chi connectivity index (χ1v) is 14.4. The second kappa shape index (κ2) is 10.8. The molecule has 0 bridgehead atoms. The van der Waals surface area contributed by atoms with E-state index < -0.39 is 0 Å². The average molecular weight is 569 g/mol. The van der Waals surface area contributed by atoms with Crippen LogP contribution in [0.1, 0.15) is 35.3 Å². The van der Waals surface area contributed by atoms with Gasteiger partial charge in [-0.15, -0.1) is 0 Å². The fourth-order valence-electron chi connectivity index (χ4n) is 5.85. The maximum atomic E-state index is 5.98. The van der Waals surface area contributed by atoms with Gasteiger partial charge in [0.2, 0.25) is 0 Å². The van der Waals surface area contributed by atoms with Crippen LogP contribution < -0.4 is 19.7 Å². The molecule has 3 heterocycles. The Morgan fingerprint density at radius 2 is 1.60 bits per heavy atom. The highest BCUT2D eigenvalue weighted by Crippen LogP contribution is 2.50. The first kappa shape index (κ1) is 26.5. The predicted octanol–water partition coefficient (Wildman–Crippen LogP) is 7.56. The van der Waals surface area contributed by atoms with E-state index in [1.54, 1.807) is 14.2 Å². The molecule has 1 aromatic heterocycles. The van der Waals surface area contributed by atoms with Gasteiger partial charge >= 0.3 is 0 Å². The van der Waals surface area contributed by atoms with E-state index in [2.05, 4.69) is 53.5 Å². The van der Waals surface area contributed by atoms with E-state index in [0.717, 1.165) is 57.6 Å². The van der Waals surface area contributed by atoms with Crippen LogP contribution in [0.25, 0.3) is 5.69 Å². The number of para-hydroxylation sites is 3. The Bertz CT molecular complexity index is 1870. The largest absolute Gasteiger partial charge is 0.497 e. The summed E-state index contributed by atoms with van der Waals surface area (Å²) in [6.07, 6.45) is 0.978. The van der Waals surface area contributed by atoms with Gasteiger partial charge < -0.3 is 19.7 Å². The van der Waals surface area contributed by atoms with Crippen LogP contribution in [0.2, 0.25) is 0 Å². The highest BCUT2D eigenvalue weighted by atomic mass is 16.5. The molecule has 0 saturated carbocycles. The zero-order valence-electron chi connectivity index (χ0n) is 24.6.